The van der Waals surface area contributed by atoms with Gasteiger partial charge in [0.1, 0.15) is 0 Å². The first-order valence-electron chi connectivity index (χ1n) is 3.65. The fraction of sp³-hybridized carbons (Fsp3) is 0.111. The summed E-state index contributed by atoms with van der Waals surface area (Å²) in [6, 6.07) is 6.56. The van der Waals surface area contributed by atoms with Gasteiger partial charge in [-0.3, -0.25) is 0 Å². The Morgan fingerprint density at radius 1 is 1.38 bits per heavy atom. The zero-order chi connectivity index (χ0) is 9.42. The summed E-state index contributed by atoms with van der Waals surface area (Å²) in [7, 11) is 0. The number of fused-ring (bicyclic) bond motifs is 1. The molecule has 4 heteroatoms. The fourth-order valence-electron chi connectivity index (χ4n) is 1.22. The average molecular weight is 432 g/mol. The zero-order valence-corrected chi connectivity index (χ0v) is 12.6. The minimum absolute atomic E-state index is 0.911. The number of thiophene rings is 1. The molecule has 1 heterocycles. The van der Waals surface area contributed by atoms with Crippen LogP contribution < -0.4 is 0 Å². The molecule has 0 fully saturated rings. The second kappa shape index (κ2) is 4.16. The lowest BCUT2D eigenvalue weighted by molar-refractivity contribution is 1.52. The Bertz CT molecular complexity index is 450. The van der Waals surface area contributed by atoms with Gasteiger partial charge in [-0.2, -0.15) is 0 Å². The Kier molecular flexibility index (Phi) is 3.33. The normalized spacial score (nSPS) is 11.0. The minimum Gasteiger partial charge on any atom is -0.128 e. The van der Waals surface area contributed by atoms with Gasteiger partial charge in [-0.1, -0.05) is 22.0 Å². The van der Waals surface area contributed by atoms with Crippen LogP contribution in [0.2, 0.25) is 0 Å². The average Bonchev–Trinajstić information content (AvgIpc) is 2.39. The minimum atomic E-state index is 0.911. The Morgan fingerprint density at radius 3 is 2.85 bits per heavy atom. The topological polar surface area (TPSA) is 0 Å². The van der Waals surface area contributed by atoms with Crippen molar-refractivity contribution in [1.82, 2.24) is 0 Å². The fourth-order valence-corrected chi connectivity index (χ4v) is 4.93. The van der Waals surface area contributed by atoms with Crippen molar-refractivity contribution >= 4 is 75.9 Å². The van der Waals surface area contributed by atoms with E-state index in [-0.39, 0.29) is 0 Å². The van der Waals surface area contributed by atoms with E-state index in [2.05, 4.69) is 72.6 Å². The number of halogens is 3. The van der Waals surface area contributed by atoms with Crippen LogP contribution in [-0.4, -0.2) is 0 Å². The van der Waals surface area contributed by atoms with Crippen molar-refractivity contribution in [2.45, 2.75) is 5.33 Å². The lowest BCUT2D eigenvalue weighted by atomic mass is 10.2. The van der Waals surface area contributed by atoms with E-state index in [0.717, 1.165) is 5.33 Å². The van der Waals surface area contributed by atoms with Gasteiger partial charge >= 0.3 is 0 Å². The third kappa shape index (κ3) is 1.96. The largest absolute Gasteiger partial charge is 0.128 e. The molecule has 2 rings (SSSR count). The predicted octanol–water partition coefficient (Wildman–Crippen LogP) is 5.16. The molecule has 0 radical (unpaired) electrons. The molecule has 13 heavy (non-hydrogen) atoms. The molecule has 0 N–H and O–H groups in total. The molecule has 0 atom stereocenters. The highest BCUT2D eigenvalue weighted by molar-refractivity contribution is 14.1. The van der Waals surface area contributed by atoms with Crippen molar-refractivity contribution in [3.63, 3.8) is 0 Å². The molecular formula is C9H5Br2IS. The van der Waals surface area contributed by atoms with Crippen LogP contribution in [0.4, 0.5) is 0 Å². The Balaban J connectivity index is 2.79. The van der Waals surface area contributed by atoms with E-state index in [1.807, 2.05) is 0 Å². The summed E-state index contributed by atoms with van der Waals surface area (Å²) < 4.78 is 3.88. The van der Waals surface area contributed by atoms with Gasteiger partial charge in [0.25, 0.3) is 0 Å². The lowest BCUT2D eigenvalue weighted by Gasteiger charge is -1.94. The van der Waals surface area contributed by atoms with Gasteiger partial charge < -0.3 is 0 Å². The maximum atomic E-state index is 3.58. The molecule has 0 saturated carbocycles. The van der Waals surface area contributed by atoms with Crippen LogP contribution in [-0.2, 0) is 5.33 Å². The van der Waals surface area contributed by atoms with E-state index in [1.165, 1.54) is 23.0 Å². The maximum Gasteiger partial charge on any atom is 0.0751 e. The van der Waals surface area contributed by atoms with Crippen molar-refractivity contribution in [2.75, 3.05) is 0 Å². The Hall–Kier alpha value is 0.870. The van der Waals surface area contributed by atoms with Gasteiger partial charge in [0.05, 0.1) is 3.79 Å². The third-order valence-corrected chi connectivity index (χ3v) is 5.02. The van der Waals surface area contributed by atoms with E-state index in [1.54, 1.807) is 11.3 Å². The van der Waals surface area contributed by atoms with Crippen molar-refractivity contribution in [3.8, 4) is 0 Å². The first kappa shape index (κ1) is 10.4. The quantitative estimate of drug-likeness (QED) is 0.432. The molecule has 0 aliphatic carbocycles. The standard InChI is InChI=1S/C9H5Br2IS/c10-4-7-6-2-1-5(12)3-8(6)13-9(7)11/h1-3H,4H2. The second-order valence-corrected chi connectivity index (χ2v) is 6.80. The molecule has 68 valence electrons. The highest BCUT2D eigenvalue weighted by Gasteiger charge is 2.08. The Labute approximate surface area is 111 Å². The van der Waals surface area contributed by atoms with Crippen LogP contribution in [0.3, 0.4) is 0 Å². The van der Waals surface area contributed by atoms with Gasteiger partial charge in [0, 0.05) is 13.6 Å². The van der Waals surface area contributed by atoms with Crippen molar-refractivity contribution < 1.29 is 0 Å². The van der Waals surface area contributed by atoms with Crippen LogP contribution in [0.25, 0.3) is 10.1 Å². The van der Waals surface area contributed by atoms with Gasteiger partial charge in [-0.05, 0) is 61.6 Å². The molecule has 1 aromatic carbocycles. The number of benzene rings is 1. The molecule has 0 amide bonds. The molecule has 0 spiro atoms. The molecule has 0 nitrogen and oxygen atoms in total. The van der Waals surface area contributed by atoms with Crippen LogP contribution >= 0.6 is 65.8 Å². The molecule has 0 saturated heterocycles. The number of hydrogen-bond acceptors (Lipinski definition) is 1. The van der Waals surface area contributed by atoms with Crippen molar-refractivity contribution in [3.05, 3.63) is 31.1 Å². The van der Waals surface area contributed by atoms with E-state index < -0.39 is 0 Å². The summed E-state index contributed by atoms with van der Waals surface area (Å²) in [4.78, 5) is 0. The summed E-state index contributed by atoms with van der Waals surface area (Å²) in [5.74, 6) is 0. The summed E-state index contributed by atoms with van der Waals surface area (Å²) in [5.41, 5.74) is 1.36. The summed E-state index contributed by atoms with van der Waals surface area (Å²) in [6.07, 6.45) is 0. The Morgan fingerprint density at radius 2 is 2.15 bits per heavy atom. The first-order chi connectivity index (χ1) is 6.22. The molecule has 0 aliphatic rings. The maximum absolute atomic E-state index is 3.58. The SMILES string of the molecule is BrCc1c(Br)sc2cc(I)ccc12. The zero-order valence-electron chi connectivity index (χ0n) is 6.48. The highest BCUT2D eigenvalue weighted by Crippen LogP contribution is 2.37. The van der Waals surface area contributed by atoms with Crippen LogP contribution in [0.15, 0.2) is 22.0 Å². The van der Waals surface area contributed by atoms with Gasteiger partial charge in [-0.25, -0.2) is 0 Å². The van der Waals surface area contributed by atoms with Gasteiger partial charge in [0.15, 0.2) is 0 Å². The number of alkyl halides is 1. The summed E-state index contributed by atoms with van der Waals surface area (Å²) in [6.45, 7) is 0. The van der Waals surface area contributed by atoms with E-state index >= 15 is 0 Å². The monoisotopic (exact) mass is 430 g/mol. The lowest BCUT2D eigenvalue weighted by Crippen LogP contribution is -1.74. The van der Waals surface area contributed by atoms with Crippen LogP contribution in [0.5, 0.6) is 0 Å². The second-order valence-electron chi connectivity index (χ2n) is 2.63. The molecule has 1 aromatic heterocycles. The molecular weight excluding hydrogens is 427 g/mol. The summed E-state index contributed by atoms with van der Waals surface area (Å²) in [5, 5.41) is 2.27. The molecule has 0 bridgehead atoms. The van der Waals surface area contributed by atoms with Gasteiger partial charge in [-0.15, -0.1) is 11.3 Å². The van der Waals surface area contributed by atoms with E-state index in [4.69, 9.17) is 0 Å². The smallest absolute Gasteiger partial charge is 0.0751 e. The van der Waals surface area contributed by atoms with Crippen molar-refractivity contribution in [1.29, 1.82) is 0 Å². The molecule has 0 aliphatic heterocycles. The molecule has 0 unspecified atom stereocenters. The van der Waals surface area contributed by atoms with Gasteiger partial charge in [0.2, 0.25) is 0 Å². The third-order valence-electron chi connectivity index (χ3n) is 1.84. The number of rotatable bonds is 1. The van der Waals surface area contributed by atoms with Crippen LogP contribution in [0, 0.1) is 3.57 Å². The number of hydrogen-bond donors (Lipinski definition) is 0. The molecule has 2 aromatic rings. The van der Waals surface area contributed by atoms with E-state index in [9.17, 15) is 0 Å². The van der Waals surface area contributed by atoms with Crippen LogP contribution in [0.1, 0.15) is 5.56 Å². The summed E-state index contributed by atoms with van der Waals surface area (Å²) >= 11 is 11.2. The van der Waals surface area contributed by atoms with E-state index in [0.29, 0.717) is 0 Å². The predicted molar refractivity (Wildman–Crippen MR) is 74.9 cm³/mol. The first-order valence-corrected chi connectivity index (χ1v) is 7.45. The van der Waals surface area contributed by atoms with Crippen molar-refractivity contribution in [2.24, 2.45) is 0 Å². The highest BCUT2D eigenvalue weighted by atomic mass is 127.